The van der Waals surface area contributed by atoms with Crippen LogP contribution in [-0.4, -0.2) is 36.9 Å². The second-order valence-electron chi connectivity index (χ2n) is 6.68. The van der Waals surface area contributed by atoms with E-state index in [-0.39, 0.29) is 11.8 Å². The van der Waals surface area contributed by atoms with E-state index >= 15 is 0 Å². The number of likely N-dealkylation sites (N-methyl/N-ethyl adjacent to an activating group) is 1. The Bertz CT molecular complexity index is 1030. The Labute approximate surface area is 168 Å². The molecule has 1 aliphatic heterocycles. The second kappa shape index (κ2) is 8.06. The number of nitrogens with zero attached hydrogens (tertiary/aromatic N) is 1. The van der Waals surface area contributed by atoms with Crippen LogP contribution >= 0.6 is 0 Å². The number of fused-ring (bicyclic) bond motifs is 1. The lowest BCUT2D eigenvalue weighted by Gasteiger charge is -2.13. The maximum Gasteiger partial charge on any atom is 0.257 e. The molecule has 6 nitrogen and oxygen atoms in total. The fraction of sp³-hybridized carbons (Fsp3) is 0.130. The van der Waals surface area contributed by atoms with E-state index < -0.39 is 0 Å². The van der Waals surface area contributed by atoms with Gasteiger partial charge in [0.2, 0.25) is 0 Å². The van der Waals surface area contributed by atoms with Gasteiger partial charge in [-0.3, -0.25) is 9.59 Å². The number of carbonyl (C=O) groups excluding carboxylic acids is 2. The maximum atomic E-state index is 12.6. The molecule has 1 heterocycles. The molecule has 0 spiro atoms. The Morgan fingerprint density at radius 1 is 1.00 bits per heavy atom. The average molecular weight is 388 g/mol. The van der Waals surface area contributed by atoms with Crippen LogP contribution in [-0.2, 0) is 0 Å². The first kappa shape index (κ1) is 18.6. The molecule has 3 aromatic rings. The number of carbonyl (C=O) groups is 2. The van der Waals surface area contributed by atoms with Gasteiger partial charge in [-0.05, 0) is 54.6 Å². The van der Waals surface area contributed by atoms with E-state index in [1.54, 1.807) is 54.4 Å². The Morgan fingerprint density at radius 3 is 2.48 bits per heavy atom. The van der Waals surface area contributed by atoms with Gasteiger partial charge >= 0.3 is 0 Å². The standard InChI is InChI=1S/C23H20N2O4/c1-25-13-14-28-21-12-9-17(15-20(21)23(25)27)24-22(26)16-7-10-19(11-8-16)29-18-5-3-2-4-6-18/h2-12,15H,13-14H2,1H3,(H,24,26). The van der Waals surface area contributed by atoms with E-state index in [2.05, 4.69) is 5.32 Å². The van der Waals surface area contributed by atoms with Crippen LogP contribution < -0.4 is 14.8 Å². The van der Waals surface area contributed by atoms with Crippen molar-refractivity contribution in [2.75, 3.05) is 25.5 Å². The highest BCUT2D eigenvalue weighted by Crippen LogP contribution is 2.27. The molecule has 0 saturated carbocycles. The van der Waals surface area contributed by atoms with Gasteiger partial charge in [-0.15, -0.1) is 0 Å². The summed E-state index contributed by atoms with van der Waals surface area (Å²) >= 11 is 0. The Hall–Kier alpha value is -3.80. The van der Waals surface area contributed by atoms with Gasteiger partial charge < -0.3 is 19.7 Å². The predicted octanol–water partition coefficient (Wildman–Crippen LogP) is 4.20. The number of anilines is 1. The zero-order valence-corrected chi connectivity index (χ0v) is 15.9. The summed E-state index contributed by atoms with van der Waals surface area (Å²) in [5.41, 5.74) is 1.46. The molecule has 0 radical (unpaired) electrons. The zero-order chi connectivity index (χ0) is 20.2. The lowest BCUT2D eigenvalue weighted by Crippen LogP contribution is -2.27. The molecule has 3 aromatic carbocycles. The molecule has 2 amide bonds. The topological polar surface area (TPSA) is 67.9 Å². The van der Waals surface area contributed by atoms with Gasteiger partial charge in [0.15, 0.2) is 0 Å². The molecule has 0 bridgehead atoms. The zero-order valence-electron chi connectivity index (χ0n) is 15.9. The average Bonchev–Trinajstić information content (AvgIpc) is 2.88. The van der Waals surface area contributed by atoms with Gasteiger partial charge in [0.05, 0.1) is 12.1 Å². The van der Waals surface area contributed by atoms with Crippen LogP contribution in [0.5, 0.6) is 17.2 Å². The van der Waals surface area contributed by atoms with Gasteiger partial charge in [0, 0.05) is 18.3 Å². The molecule has 0 aromatic heterocycles. The molecule has 0 saturated heterocycles. The molecule has 1 aliphatic rings. The number of amides is 2. The van der Waals surface area contributed by atoms with Crippen molar-refractivity contribution < 1.29 is 19.1 Å². The number of hydrogen-bond acceptors (Lipinski definition) is 4. The van der Waals surface area contributed by atoms with Crippen molar-refractivity contribution in [3.8, 4) is 17.2 Å². The molecular formula is C23H20N2O4. The predicted molar refractivity (Wildman–Crippen MR) is 110 cm³/mol. The smallest absolute Gasteiger partial charge is 0.257 e. The van der Waals surface area contributed by atoms with Crippen LogP contribution in [0.2, 0.25) is 0 Å². The number of rotatable bonds is 4. The summed E-state index contributed by atoms with van der Waals surface area (Å²) in [5.74, 6) is 1.50. The molecule has 146 valence electrons. The van der Waals surface area contributed by atoms with E-state index in [9.17, 15) is 9.59 Å². The Morgan fingerprint density at radius 2 is 1.72 bits per heavy atom. The number of benzene rings is 3. The van der Waals surface area contributed by atoms with E-state index in [0.29, 0.717) is 41.5 Å². The monoisotopic (exact) mass is 388 g/mol. The fourth-order valence-corrected chi connectivity index (χ4v) is 3.00. The number of ether oxygens (including phenoxy) is 2. The molecule has 0 unspecified atom stereocenters. The molecule has 6 heteroatoms. The third-order valence-electron chi connectivity index (χ3n) is 4.59. The summed E-state index contributed by atoms with van der Waals surface area (Å²) in [6, 6.07) is 21.4. The van der Waals surface area contributed by atoms with Crippen LogP contribution in [0.4, 0.5) is 5.69 Å². The minimum atomic E-state index is -0.272. The summed E-state index contributed by atoms with van der Waals surface area (Å²) in [5, 5.41) is 2.83. The lowest BCUT2D eigenvalue weighted by atomic mass is 10.1. The first-order valence-corrected chi connectivity index (χ1v) is 9.27. The Kier molecular flexibility index (Phi) is 5.16. The van der Waals surface area contributed by atoms with Gasteiger partial charge in [-0.1, -0.05) is 18.2 Å². The molecule has 0 atom stereocenters. The van der Waals surface area contributed by atoms with Crippen molar-refractivity contribution in [3.63, 3.8) is 0 Å². The van der Waals surface area contributed by atoms with Gasteiger partial charge in [-0.2, -0.15) is 0 Å². The fourth-order valence-electron chi connectivity index (χ4n) is 3.00. The third kappa shape index (κ3) is 4.21. The SMILES string of the molecule is CN1CCOc2ccc(NC(=O)c3ccc(Oc4ccccc4)cc3)cc2C1=O. The van der Waals surface area contributed by atoms with Crippen molar-refractivity contribution >= 4 is 17.5 Å². The van der Waals surface area contributed by atoms with Crippen molar-refractivity contribution in [2.24, 2.45) is 0 Å². The highest BCUT2D eigenvalue weighted by atomic mass is 16.5. The van der Waals surface area contributed by atoms with E-state index in [0.717, 1.165) is 5.75 Å². The van der Waals surface area contributed by atoms with E-state index in [4.69, 9.17) is 9.47 Å². The van der Waals surface area contributed by atoms with Crippen molar-refractivity contribution in [1.29, 1.82) is 0 Å². The van der Waals surface area contributed by atoms with Gasteiger partial charge in [-0.25, -0.2) is 0 Å². The summed E-state index contributed by atoms with van der Waals surface area (Å²) in [4.78, 5) is 26.6. The highest BCUT2D eigenvalue weighted by molar-refractivity contribution is 6.05. The van der Waals surface area contributed by atoms with Crippen molar-refractivity contribution in [2.45, 2.75) is 0 Å². The molecule has 4 rings (SSSR count). The van der Waals surface area contributed by atoms with Crippen LogP contribution in [0.1, 0.15) is 20.7 Å². The van der Waals surface area contributed by atoms with E-state index in [1.807, 2.05) is 30.3 Å². The number of hydrogen-bond donors (Lipinski definition) is 1. The third-order valence-corrected chi connectivity index (χ3v) is 4.59. The molecule has 29 heavy (non-hydrogen) atoms. The van der Waals surface area contributed by atoms with Crippen LogP contribution in [0.15, 0.2) is 72.8 Å². The van der Waals surface area contributed by atoms with Crippen molar-refractivity contribution in [1.82, 2.24) is 4.90 Å². The minimum absolute atomic E-state index is 0.129. The first-order chi connectivity index (χ1) is 14.1. The van der Waals surface area contributed by atoms with Crippen molar-refractivity contribution in [3.05, 3.63) is 83.9 Å². The quantitative estimate of drug-likeness (QED) is 0.728. The molecular weight excluding hydrogens is 368 g/mol. The first-order valence-electron chi connectivity index (χ1n) is 9.27. The maximum absolute atomic E-state index is 12.6. The molecule has 0 aliphatic carbocycles. The van der Waals surface area contributed by atoms with Gasteiger partial charge in [0.25, 0.3) is 11.8 Å². The van der Waals surface area contributed by atoms with Crippen LogP contribution in [0.25, 0.3) is 0 Å². The summed E-state index contributed by atoms with van der Waals surface area (Å²) in [6.45, 7) is 0.963. The highest BCUT2D eigenvalue weighted by Gasteiger charge is 2.21. The van der Waals surface area contributed by atoms with E-state index in [1.165, 1.54) is 0 Å². The largest absolute Gasteiger partial charge is 0.491 e. The summed E-state index contributed by atoms with van der Waals surface area (Å²) in [6.07, 6.45) is 0. The minimum Gasteiger partial charge on any atom is -0.491 e. The summed E-state index contributed by atoms with van der Waals surface area (Å²) in [7, 11) is 1.73. The lowest BCUT2D eigenvalue weighted by molar-refractivity contribution is 0.0796. The van der Waals surface area contributed by atoms with Gasteiger partial charge in [0.1, 0.15) is 23.9 Å². The van der Waals surface area contributed by atoms with Crippen LogP contribution in [0, 0.1) is 0 Å². The Balaban J connectivity index is 1.47. The summed E-state index contributed by atoms with van der Waals surface area (Å²) < 4.78 is 11.3. The normalized spacial score (nSPS) is 13.1. The number of para-hydroxylation sites is 1. The molecule has 0 fully saturated rings. The van der Waals surface area contributed by atoms with Crippen LogP contribution in [0.3, 0.4) is 0 Å². The number of nitrogens with one attached hydrogen (secondary N) is 1. The second-order valence-corrected chi connectivity index (χ2v) is 6.68. The molecule has 1 N–H and O–H groups in total.